The summed E-state index contributed by atoms with van der Waals surface area (Å²) in [7, 11) is 1.63. The molecule has 1 aliphatic rings. The molecule has 1 amide bonds. The number of rotatable bonds is 4. The topological polar surface area (TPSA) is 41.9 Å². The van der Waals surface area contributed by atoms with Crippen LogP contribution in [0, 0.1) is 6.92 Å². The molecule has 0 radical (unpaired) electrons. The van der Waals surface area contributed by atoms with Gasteiger partial charge in [0.2, 0.25) is 0 Å². The number of ether oxygens (including phenoxy) is 1. The second kappa shape index (κ2) is 7.53. The molecule has 0 aliphatic carbocycles. The second-order valence-corrected chi connectivity index (χ2v) is 6.58. The lowest BCUT2D eigenvalue weighted by molar-refractivity contribution is -0.113. The summed E-state index contributed by atoms with van der Waals surface area (Å²) in [5, 5.41) is 0. The van der Waals surface area contributed by atoms with Gasteiger partial charge in [-0.1, -0.05) is 42.5 Å². The minimum absolute atomic E-state index is 0.139. The first kappa shape index (κ1) is 17.7. The Morgan fingerprint density at radius 1 is 0.929 bits per heavy atom. The van der Waals surface area contributed by atoms with Crippen molar-refractivity contribution in [3.8, 4) is 5.75 Å². The van der Waals surface area contributed by atoms with E-state index in [1.165, 1.54) is 0 Å². The van der Waals surface area contributed by atoms with Crippen molar-refractivity contribution in [3.63, 3.8) is 0 Å². The van der Waals surface area contributed by atoms with Crippen LogP contribution in [-0.4, -0.2) is 18.9 Å². The van der Waals surface area contributed by atoms with Crippen LogP contribution in [0.3, 0.4) is 0 Å². The number of nitrogens with zero attached hydrogens (tertiary/aromatic N) is 2. The van der Waals surface area contributed by atoms with Crippen molar-refractivity contribution in [1.29, 1.82) is 0 Å². The van der Waals surface area contributed by atoms with Crippen LogP contribution in [0.25, 0.3) is 6.08 Å². The zero-order valence-corrected chi connectivity index (χ0v) is 15.8. The van der Waals surface area contributed by atoms with Gasteiger partial charge in [0.15, 0.2) is 0 Å². The van der Waals surface area contributed by atoms with Crippen LogP contribution in [0.1, 0.15) is 16.7 Å². The number of anilines is 1. The zero-order chi connectivity index (χ0) is 19.5. The molecule has 3 aromatic carbocycles. The Hall–Kier alpha value is -3.66. The number of methoxy groups -OCH3 is 1. The Bertz CT molecular complexity index is 1070. The van der Waals surface area contributed by atoms with Gasteiger partial charge in [0, 0.05) is 5.56 Å². The van der Waals surface area contributed by atoms with Crippen LogP contribution in [0.4, 0.5) is 5.69 Å². The van der Waals surface area contributed by atoms with Gasteiger partial charge in [-0.25, -0.2) is 4.99 Å². The van der Waals surface area contributed by atoms with E-state index >= 15 is 0 Å². The third-order valence-corrected chi connectivity index (χ3v) is 4.57. The average molecular weight is 368 g/mol. The minimum Gasteiger partial charge on any atom is -0.497 e. The van der Waals surface area contributed by atoms with Gasteiger partial charge in [-0.05, 0) is 60.5 Å². The van der Waals surface area contributed by atoms with Crippen LogP contribution < -0.4 is 9.64 Å². The largest absolute Gasteiger partial charge is 0.497 e. The molecule has 4 rings (SSSR count). The van der Waals surface area contributed by atoms with Crippen LogP contribution in [0.2, 0.25) is 0 Å². The first-order valence-corrected chi connectivity index (χ1v) is 9.07. The molecule has 3 aromatic rings. The number of carbonyl (C=O) groups excluding carboxylic acids is 1. The molecule has 1 aliphatic heterocycles. The molecule has 0 unspecified atom stereocenters. The summed E-state index contributed by atoms with van der Waals surface area (Å²) in [6.45, 7) is 2.01. The molecule has 0 bridgehead atoms. The summed E-state index contributed by atoms with van der Waals surface area (Å²) in [4.78, 5) is 19.6. The van der Waals surface area contributed by atoms with E-state index in [2.05, 4.69) is 0 Å². The molecule has 138 valence electrons. The number of carbonyl (C=O) groups is 1. The first-order valence-electron chi connectivity index (χ1n) is 9.07. The Kier molecular flexibility index (Phi) is 4.77. The van der Waals surface area contributed by atoms with Crippen LogP contribution in [0.15, 0.2) is 89.6 Å². The quantitative estimate of drug-likeness (QED) is 0.619. The van der Waals surface area contributed by atoms with E-state index in [4.69, 9.17) is 9.73 Å². The third-order valence-electron chi connectivity index (χ3n) is 4.57. The molecule has 0 N–H and O–H groups in total. The highest BCUT2D eigenvalue weighted by molar-refractivity contribution is 6.33. The van der Waals surface area contributed by atoms with Crippen molar-refractivity contribution < 1.29 is 9.53 Å². The number of aliphatic imine (C=N–C) groups is 1. The fourth-order valence-electron chi connectivity index (χ4n) is 3.16. The average Bonchev–Trinajstić information content (AvgIpc) is 3.05. The molecule has 4 heteroatoms. The van der Waals surface area contributed by atoms with Crippen molar-refractivity contribution in [2.24, 2.45) is 4.99 Å². The summed E-state index contributed by atoms with van der Waals surface area (Å²) >= 11 is 0. The monoisotopic (exact) mass is 368 g/mol. The maximum atomic E-state index is 13.2. The second-order valence-electron chi connectivity index (χ2n) is 6.58. The fraction of sp³-hybridized carbons (Fsp3) is 0.0833. The van der Waals surface area contributed by atoms with Crippen LogP contribution >= 0.6 is 0 Å². The third kappa shape index (κ3) is 3.45. The molecule has 0 spiro atoms. The van der Waals surface area contributed by atoms with E-state index < -0.39 is 0 Å². The number of benzene rings is 3. The van der Waals surface area contributed by atoms with Gasteiger partial charge in [-0.3, -0.25) is 9.69 Å². The molecular weight excluding hydrogens is 348 g/mol. The maximum absolute atomic E-state index is 13.2. The van der Waals surface area contributed by atoms with Gasteiger partial charge in [0.1, 0.15) is 17.3 Å². The number of hydrogen-bond acceptors (Lipinski definition) is 3. The maximum Gasteiger partial charge on any atom is 0.282 e. The van der Waals surface area contributed by atoms with Gasteiger partial charge in [-0.15, -0.1) is 0 Å². The predicted octanol–water partition coefficient (Wildman–Crippen LogP) is 4.84. The Morgan fingerprint density at radius 3 is 2.36 bits per heavy atom. The number of hydrogen-bond donors (Lipinski definition) is 0. The molecule has 4 nitrogen and oxygen atoms in total. The highest BCUT2D eigenvalue weighted by atomic mass is 16.5. The van der Waals surface area contributed by atoms with E-state index in [1.807, 2.05) is 91.9 Å². The van der Waals surface area contributed by atoms with E-state index in [9.17, 15) is 4.79 Å². The van der Waals surface area contributed by atoms with E-state index in [-0.39, 0.29) is 5.91 Å². The molecule has 0 fully saturated rings. The van der Waals surface area contributed by atoms with Gasteiger partial charge >= 0.3 is 0 Å². The van der Waals surface area contributed by atoms with E-state index in [0.29, 0.717) is 11.5 Å². The highest BCUT2D eigenvalue weighted by Gasteiger charge is 2.32. The van der Waals surface area contributed by atoms with Crippen molar-refractivity contribution in [1.82, 2.24) is 0 Å². The number of amidine groups is 1. The summed E-state index contributed by atoms with van der Waals surface area (Å²) in [6, 6.07) is 25.2. The van der Waals surface area contributed by atoms with E-state index in [0.717, 1.165) is 28.1 Å². The highest BCUT2D eigenvalue weighted by Crippen LogP contribution is 2.29. The molecule has 0 saturated carbocycles. The molecule has 28 heavy (non-hydrogen) atoms. The lowest BCUT2D eigenvalue weighted by atomic mass is 10.1. The smallest absolute Gasteiger partial charge is 0.282 e. The zero-order valence-electron chi connectivity index (χ0n) is 15.8. The fourth-order valence-corrected chi connectivity index (χ4v) is 3.16. The van der Waals surface area contributed by atoms with Crippen molar-refractivity contribution in [2.45, 2.75) is 6.92 Å². The van der Waals surface area contributed by atoms with Crippen molar-refractivity contribution in [2.75, 3.05) is 12.0 Å². The molecule has 0 saturated heterocycles. The summed E-state index contributed by atoms with van der Waals surface area (Å²) in [5.74, 6) is 1.23. The molecular formula is C24H20N2O2. The standard InChI is InChI=1S/C24H20N2O2/c1-17-7-6-10-20(15-17)26-23(19-11-13-21(28-2)14-12-19)25-22(24(26)27)16-18-8-4-3-5-9-18/h3-16H,1-2H3/b22-16+. The molecule has 0 atom stereocenters. The minimum atomic E-state index is -0.139. The Balaban J connectivity index is 1.82. The van der Waals surface area contributed by atoms with Gasteiger partial charge in [0.25, 0.3) is 5.91 Å². The lowest BCUT2D eigenvalue weighted by Crippen LogP contribution is -2.32. The lowest BCUT2D eigenvalue weighted by Gasteiger charge is -2.19. The molecule has 1 heterocycles. The Labute approximate surface area is 164 Å². The van der Waals surface area contributed by atoms with Gasteiger partial charge in [-0.2, -0.15) is 0 Å². The Morgan fingerprint density at radius 2 is 1.68 bits per heavy atom. The van der Waals surface area contributed by atoms with E-state index in [1.54, 1.807) is 12.0 Å². The number of amides is 1. The SMILES string of the molecule is COc1ccc(C2=N/C(=C/c3ccccc3)C(=O)N2c2cccc(C)c2)cc1. The summed E-state index contributed by atoms with van der Waals surface area (Å²) < 4.78 is 5.25. The number of aryl methyl sites for hydroxylation is 1. The van der Waals surface area contributed by atoms with Crippen molar-refractivity contribution in [3.05, 3.63) is 101 Å². The van der Waals surface area contributed by atoms with Gasteiger partial charge < -0.3 is 4.74 Å². The van der Waals surface area contributed by atoms with Crippen LogP contribution in [0.5, 0.6) is 5.75 Å². The molecule has 0 aromatic heterocycles. The first-order chi connectivity index (χ1) is 13.7. The predicted molar refractivity (Wildman–Crippen MR) is 113 cm³/mol. The summed E-state index contributed by atoms with van der Waals surface area (Å²) in [6.07, 6.45) is 1.82. The van der Waals surface area contributed by atoms with Crippen molar-refractivity contribution >= 4 is 23.5 Å². The normalized spacial score (nSPS) is 15.1. The van der Waals surface area contributed by atoms with Gasteiger partial charge in [0.05, 0.1) is 12.8 Å². The van der Waals surface area contributed by atoms with Crippen LogP contribution in [-0.2, 0) is 4.79 Å². The summed E-state index contributed by atoms with van der Waals surface area (Å²) in [5.41, 5.74) is 4.09.